The fraction of sp³-hybridized carbons (Fsp3) is 0.0833. The first-order chi connectivity index (χ1) is 6.84. The van der Waals surface area contributed by atoms with E-state index < -0.39 is 0 Å². The van der Waals surface area contributed by atoms with Crippen LogP contribution in [-0.2, 0) is 0 Å². The average molecular weight is 183 g/mol. The Morgan fingerprint density at radius 3 is 3.00 bits per heavy atom. The van der Waals surface area contributed by atoms with Gasteiger partial charge < -0.3 is 5.11 Å². The van der Waals surface area contributed by atoms with E-state index in [-0.39, 0.29) is 0 Å². The zero-order chi connectivity index (χ0) is 9.54. The summed E-state index contributed by atoms with van der Waals surface area (Å²) < 4.78 is 0. The maximum Gasteiger partial charge on any atom is 0.116 e. The fourth-order valence-corrected chi connectivity index (χ4v) is 2.00. The molecular weight excluding hydrogens is 174 g/mol. The van der Waals surface area contributed by atoms with Crippen molar-refractivity contribution in [3.63, 3.8) is 0 Å². The molecule has 1 heterocycles. The van der Waals surface area contributed by atoms with E-state index in [1.54, 1.807) is 6.07 Å². The number of benzene rings is 1. The number of nitrogens with zero attached hydrogens (tertiary/aromatic N) is 1. The van der Waals surface area contributed by atoms with Gasteiger partial charge in [0.05, 0.1) is 0 Å². The number of fused-ring (bicyclic) bond motifs is 3. The Morgan fingerprint density at radius 1 is 1.14 bits per heavy atom. The van der Waals surface area contributed by atoms with Crippen molar-refractivity contribution in [2.45, 2.75) is 6.42 Å². The van der Waals surface area contributed by atoms with Gasteiger partial charge in [0.25, 0.3) is 0 Å². The average Bonchev–Trinajstić information content (AvgIpc) is 2.36. The highest BCUT2D eigenvalue weighted by Crippen LogP contribution is 2.17. The van der Waals surface area contributed by atoms with Gasteiger partial charge in [0.1, 0.15) is 5.75 Å². The van der Waals surface area contributed by atoms with Gasteiger partial charge in [-0.25, -0.2) is 0 Å². The molecule has 0 aromatic heterocycles. The van der Waals surface area contributed by atoms with E-state index in [1.165, 1.54) is 16.4 Å². The molecule has 2 bridgehead atoms. The van der Waals surface area contributed by atoms with Gasteiger partial charge in [-0.3, -0.25) is 4.99 Å². The van der Waals surface area contributed by atoms with E-state index in [0.29, 0.717) is 5.75 Å². The van der Waals surface area contributed by atoms with Crippen LogP contribution in [0.5, 0.6) is 5.75 Å². The molecule has 0 unspecified atom stereocenters. The molecule has 1 aromatic rings. The molecule has 0 saturated heterocycles. The van der Waals surface area contributed by atoms with E-state index in [2.05, 4.69) is 4.99 Å². The summed E-state index contributed by atoms with van der Waals surface area (Å²) in [6, 6.07) is 5.51. The molecule has 0 fully saturated rings. The summed E-state index contributed by atoms with van der Waals surface area (Å²) >= 11 is 0. The van der Waals surface area contributed by atoms with Crippen LogP contribution in [0.15, 0.2) is 35.5 Å². The highest BCUT2D eigenvalue weighted by Gasteiger charge is 2.11. The number of hydrogen-bond acceptors (Lipinski definition) is 2. The maximum atomic E-state index is 9.40. The van der Waals surface area contributed by atoms with Gasteiger partial charge in [-0.1, -0.05) is 6.07 Å². The Bertz CT molecular complexity index is 579. The first-order valence-electron chi connectivity index (χ1n) is 4.60. The van der Waals surface area contributed by atoms with Crippen LogP contribution in [0.25, 0.3) is 11.1 Å². The third kappa shape index (κ3) is 0.940. The minimum Gasteiger partial charge on any atom is -0.508 e. The van der Waals surface area contributed by atoms with Crippen molar-refractivity contribution in [1.82, 2.24) is 0 Å². The summed E-state index contributed by atoms with van der Waals surface area (Å²) in [5.41, 5.74) is 2.48. The van der Waals surface area contributed by atoms with Crippen LogP contribution in [-0.4, -0.2) is 11.3 Å². The van der Waals surface area contributed by atoms with Crippen LogP contribution >= 0.6 is 0 Å². The molecule has 3 rings (SSSR count). The summed E-state index contributed by atoms with van der Waals surface area (Å²) in [6.07, 6.45) is 6.65. The molecule has 0 saturated carbocycles. The van der Waals surface area contributed by atoms with Gasteiger partial charge in [0.15, 0.2) is 0 Å². The molecule has 1 aliphatic heterocycles. The minimum absolute atomic E-state index is 0.320. The van der Waals surface area contributed by atoms with Gasteiger partial charge in [-0.15, -0.1) is 0 Å². The predicted molar refractivity (Wildman–Crippen MR) is 56.4 cm³/mol. The van der Waals surface area contributed by atoms with Crippen LogP contribution in [0.2, 0.25) is 0 Å². The van der Waals surface area contributed by atoms with Crippen LogP contribution < -0.4 is 10.4 Å². The van der Waals surface area contributed by atoms with Crippen molar-refractivity contribution in [1.29, 1.82) is 0 Å². The Balaban J connectivity index is 2.53. The van der Waals surface area contributed by atoms with E-state index >= 15 is 0 Å². The quantitative estimate of drug-likeness (QED) is 0.630. The Labute approximate surface area is 81.2 Å². The van der Waals surface area contributed by atoms with Crippen molar-refractivity contribution in [2.75, 3.05) is 0 Å². The van der Waals surface area contributed by atoms with E-state index in [9.17, 15) is 5.11 Å². The smallest absolute Gasteiger partial charge is 0.116 e. The molecule has 14 heavy (non-hydrogen) atoms. The number of phenolic OH excluding ortho intramolecular Hbond substituents is 1. The van der Waals surface area contributed by atoms with E-state index in [4.69, 9.17) is 0 Å². The first-order valence-corrected chi connectivity index (χ1v) is 4.60. The number of aromatic hydroxyl groups is 1. The topological polar surface area (TPSA) is 32.6 Å². The highest BCUT2D eigenvalue weighted by molar-refractivity contribution is 6.07. The van der Waals surface area contributed by atoms with Gasteiger partial charge in [0.2, 0.25) is 0 Å². The third-order valence-corrected chi connectivity index (χ3v) is 2.67. The number of allylic oxidation sites excluding steroid dienone is 1. The summed E-state index contributed by atoms with van der Waals surface area (Å²) in [7, 11) is 0. The first kappa shape index (κ1) is 7.56. The molecule has 2 heteroatoms. The van der Waals surface area contributed by atoms with Crippen LogP contribution in [0.4, 0.5) is 0 Å². The van der Waals surface area contributed by atoms with E-state index in [1.807, 2.05) is 30.6 Å². The molecule has 0 atom stereocenters. The lowest BCUT2D eigenvalue weighted by molar-refractivity contribution is 0.474. The Kier molecular flexibility index (Phi) is 1.39. The number of rotatable bonds is 0. The SMILES string of the molecule is Oc1ccc2c(c1)=C1C=NC=CC=2C1. The molecular formula is C12H9NO. The maximum absolute atomic E-state index is 9.40. The zero-order valence-corrected chi connectivity index (χ0v) is 7.57. The monoisotopic (exact) mass is 183 g/mol. The number of phenols is 1. The largest absolute Gasteiger partial charge is 0.508 e. The van der Waals surface area contributed by atoms with Crippen molar-refractivity contribution < 1.29 is 5.11 Å². The van der Waals surface area contributed by atoms with Gasteiger partial charge in [-0.2, -0.15) is 0 Å². The lowest BCUT2D eigenvalue weighted by Gasteiger charge is -1.92. The Morgan fingerprint density at radius 2 is 2.07 bits per heavy atom. The van der Waals surface area contributed by atoms with E-state index in [0.717, 1.165) is 11.6 Å². The van der Waals surface area contributed by atoms with Gasteiger partial charge >= 0.3 is 0 Å². The summed E-state index contributed by atoms with van der Waals surface area (Å²) in [5.74, 6) is 0.320. The highest BCUT2D eigenvalue weighted by atomic mass is 16.3. The molecule has 68 valence electrons. The molecule has 2 aliphatic rings. The standard InChI is InChI=1S/C12H9NO/c14-10-1-2-11-8-3-4-13-7-9(5-8)12(11)6-10/h1-4,6-7,14H,5H2. The van der Waals surface area contributed by atoms with Crippen molar-refractivity contribution in [3.8, 4) is 5.75 Å². The van der Waals surface area contributed by atoms with Crippen molar-refractivity contribution >= 4 is 17.4 Å². The van der Waals surface area contributed by atoms with Crippen LogP contribution in [0.3, 0.4) is 0 Å². The van der Waals surface area contributed by atoms with Gasteiger partial charge in [-0.05, 0) is 39.8 Å². The summed E-state index contributed by atoms with van der Waals surface area (Å²) in [4.78, 5) is 4.14. The lowest BCUT2D eigenvalue weighted by Crippen LogP contribution is -2.23. The summed E-state index contributed by atoms with van der Waals surface area (Å²) in [6.45, 7) is 0. The second-order valence-corrected chi connectivity index (χ2v) is 3.55. The molecule has 0 radical (unpaired) electrons. The van der Waals surface area contributed by atoms with Crippen LogP contribution in [0.1, 0.15) is 6.42 Å². The molecule has 2 nitrogen and oxygen atoms in total. The number of hydrogen-bond donors (Lipinski definition) is 1. The third-order valence-electron chi connectivity index (χ3n) is 2.67. The predicted octanol–water partition coefficient (Wildman–Crippen LogP) is 0.695. The molecule has 1 aromatic carbocycles. The Hall–Kier alpha value is -1.83. The van der Waals surface area contributed by atoms with Crippen LogP contribution in [0, 0.1) is 0 Å². The summed E-state index contributed by atoms with van der Waals surface area (Å²) in [5, 5.41) is 11.7. The molecule has 1 N–H and O–H groups in total. The fourth-order valence-electron chi connectivity index (χ4n) is 2.00. The molecule has 0 amide bonds. The van der Waals surface area contributed by atoms with Gasteiger partial charge in [0, 0.05) is 18.8 Å². The zero-order valence-electron chi connectivity index (χ0n) is 7.57. The van der Waals surface area contributed by atoms with Crippen molar-refractivity contribution in [2.24, 2.45) is 4.99 Å². The second kappa shape index (κ2) is 2.58. The minimum atomic E-state index is 0.320. The number of aliphatic imine (C=N–C) groups is 1. The molecule has 1 aliphatic carbocycles. The second-order valence-electron chi connectivity index (χ2n) is 3.55. The normalized spacial score (nSPS) is 17.1. The lowest BCUT2D eigenvalue weighted by atomic mass is 10.1. The van der Waals surface area contributed by atoms with Crippen molar-refractivity contribution in [3.05, 3.63) is 40.9 Å². The molecule has 0 spiro atoms.